The predicted octanol–water partition coefficient (Wildman–Crippen LogP) is 3.18. The Hall–Kier alpha value is -2.70. The summed E-state index contributed by atoms with van der Waals surface area (Å²) in [5.41, 5.74) is 1.24. The second kappa shape index (κ2) is 5.59. The van der Waals surface area contributed by atoms with Gasteiger partial charge in [-0.2, -0.15) is 0 Å². The van der Waals surface area contributed by atoms with E-state index in [-0.39, 0.29) is 17.6 Å². The van der Waals surface area contributed by atoms with Crippen molar-refractivity contribution >= 4 is 11.5 Å². The number of rotatable bonds is 3. The van der Waals surface area contributed by atoms with Crippen LogP contribution in [0.1, 0.15) is 24.4 Å². The zero-order valence-electron chi connectivity index (χ0n) is 11.6. The lowest BCUT2D eigenvalue weighted by atomic mass is 10.0. The first kappa shape index (κ1) is 14.2. The number of benzene rings is 1. The summed E-state index contributed by atoms with van der Waals surface area (Å²) in [6.45, 7) is 0.722. The third-order valence-corrected chi connectivity index (χ3v) is 3.85. The van der Waals surface area contributed by atoms with E-state index in [4.69, 9.17) is 0 Å². The van der Waals surface area contributed by atoms with Crippen LogP contribution in [0.4, 0.5) is 15.9 Å². The van der Waals surface area contributed by atoms with Crippen LogP contribution in [-0.2, 0) is 0 Å². The monoisotopic (exact) mass is 303 g/mol. The van der Waals surface area contributed by atoms with E-state index in [0.29, 0.717) is 5.56 Å². The van der Waals surface area contributed by atoms with Crippen LogP contribution in [0.5, 0.6) is 5.75 Å². The quantitative estimate of drug-likeness (QED) is 0.696. The lowest BCUT2D eigenvalue weighted by molar-refractivity contribution is -0.389. The van der Waals surface area contributed by atoms with Gasteiger partial charge in [0.15, 0.2) is 6.20 Å². The Morgan fingerprint density at radius 3 is 2.86 bits per heavy atom. The molecular weight excluding hydrogens is 289 g/mol. The predicted molar refractivity (Wildman–Crippen MR) is 78.3 cm³/mol. The molecule has 0 amide bonds. The molecule has 2 heterocycles. The molecule has 0 radical (unpaired) electrons. The molecule has 3 rings (SSSR count). The van der Waals surface area contributed by atoms with Crippen LogP contribution in [0.15, 0.2) is 36.5 Å². The van der Waals surface area contributed by atoms with Crippen LogP contribution in [0.25, 0.3) is 0 Å². The van der Waals surface area contributed by atoms with Gasteiger partial charge in [-0.15, -0.1) is 0 Å². The van der Waals surface area contributed by atoms with Gasteiger partial charge in [-0.3, -0.25) is 0 Å². The molecule has 22 heavy (non-hydrogen) atoms. The van der Waals surface area contributed by atoms with Crippen LogP contribution in [-0.4, -0.2) is 21.6 Å². The molecule has 6 nitrogen and oxygen atoms in total. The van der Waals surface area contributed by atoms with Crippen molar-refractivity contribution in [1.82, 2.24) is 4.98 Å². The number of phenolic OH excluding ortho intramolecular Hbond substituents is 1. The molecule has 1 N–H and O–H groups in total. The molecule has 0 aliphatic carbocycles. The van der Waals surface area contributed by atoms with Gasteiger partial charge in [0.25, 0.3) is 0 Å². The maximum absolute atomic E-state index is 13.5. The van der Waals surface area contributed by atoms with Crippen LogP contribution in [0.2, 0.25) is 0 Å². The fourth-order valence-electron chi connectivity index (χ4n) is 2.85. The Kier molecular flexibility index (Phi) is 3.62. The lowest BCUT2D eigenvalue weighted by Gasteiger charge is -2.26. The maximum Gasteiger partial charge on any atom is 0.363 e. The summed E-state index contributed by atoms with van der Waals surface area (Å²) in [7, 11) is 0. The summed E-state index contributed by atoms with van der Waals surface area (Å²) in [4.78, 5) is 15.9. The number of pyridine rings is 1. The highest BCUT2D eigenvalue weighted by Crippen LogP contribution is 2.39. The molecule has 1 fully saturated rings. The summed E-state index contributed by atoms with van der Waals surface area (Å²) in [6, 6.07) is 6.69. The first-order valence-electron chi connectivity index (χ1n) is 6.92. The van der Waals surface area contributed by atoms with E-state index in [1.165, 1.54) is 30.5 Å². The number of hydrogen-bond donors (Lipinski definition) is 1. The minimum Gasteiger partial charge on any atom is -0.508 e. The largest absolute Gasteiger partial charge is 0.508 e. The molecule has 1 unspecified atom stereocenters. The van der Waals surface area contributed by atoms with Crippen molar-refractivity contribution in [3.63, 3.8) is 0 Å². The Labute approximate surface area is 126 Å². The van der Waals surface area contributed by atoms with Gasteiger partial charge in [0.1, 0.15) is 11.6 Å². The van der Waals surface area contributed by atoms with E-state index in [0.717, 1.165) is 25.1 Å². The van der Waals surface area contributed by atoms with Gasteiger partial charge in [0.05, 0.1) is 11.7 Å². The third-order valence-electron chi connectivity index (χ3n) is 3.85. The molecule has 0 spiro atoms. The number of nitro groups is 1. The van der Waals surface area contributed by atoms with Gasteiger partial charge in [0.2, 0.25) is 0 Å². The smallest absolute Gasteiger partial charge is 0.363 e. The molecule has 1 aromatic heterocycles. The summed E-state index contributed by atoms with van der Waals surface area (Å²) >= 11 is 0. The summed E-state index contributed by atoms with van der Waals surface area (Å²) < 4.78 is 13.5. The molecule has 1 saturated heterocycles. The maximum atomic E-state index is 13.5. The van der Waals surface area contributed by atoms with Gasteiger partial charge >= 0.3 is 5.82 Å². The zero-order valence-corrected chi connectivity index (χ0v) is 11.6. The second-order valence-corrected chi connectivity index (χ2v) is 5.19. The van der Waals surface area contributed by atoms with Crippen molar-refractivity contribution < 1.29 is 14.4 Å². The Bertz CT molecular complexity index is 706. The number of halogens is 1. The molecule has 2 aromatic rings. The fourth-order valence-corrected chi connectivity index (χ4v) is 2.85. The summed E-state index contributed by atoms with van der Waals surface area (Å²) in [5.74, 6) is -0.567. The summed E-state index contributed by atoms with van der Waals surface area (Å²) in [6.07, 6.45) is 3.10. The molecule has 1 aliphatic heterocycles. The minimum atomic E-state index is -0.552. The van der Waals surface area contributed by atoms with E-state index in [1.807, 2.05) is 4.90 Å². The molecule has 1 aliphatic rings. The van der Waals surface area contributed by atoms with E-state index in [9.17, 15) is 19.6 Å². The van der Waals surface area contributed by atoms with E-state index in [2.05, 4.69) is 4.98 Å². The molecule has 0 bridgehead atoms. The van der Waals surface area contributed by atoms with Crippen molar-refractivity contribution in [2.24, 2.45) is 0 Å². The molecule has 114 valence electrons. The molecule has 1 atom stereocenters. The van der Waals surface area contributed by atoms with Crippen molar-refractivity contribution in [1.29, 1.82) is 0 Å². The number of hydrogen-bond acceptors (Lipinski definition) is 5. The van der Waals surface area contributed by atoms with Crippen LogP contribution in [0, 0.1) is 15.9 Å². The molecular formula is C15H14FN3O3. The number of aromatic nitrogens is 1. The van der Waals surface area contributed by atoms with Crippen LogP contribution < -0.4 is 4.90 Å². The lowest BCUT2D eigenvalue weighted by Crippen LogP contribution is -2.22. The SMILES string of the molecule is O=[N+]([O-])c1ccc(N2CCCC2c2cc(F)ccc2O)cn1. The highest BCUT2D eigenvalue weighted by molar-refractivity contribution is 5.52. The zero-order chi connectivity index (χ0) is 15.7. The normalized spacial score (nSPS) is 17.7. The van der Waals surface area contributed by atoms with Crippen LogP contribution in [0.3, 0.4) is 0 Å². The van der Waals surface area contributed by atoms with E-state index in [1.54, 1.807) is 6.07 Å². The van der Waals surface area contributed by atoms with Crippen molar-refractivity contribution in [2.75, 3.05) is 11.4 Å². The van der Waals surface area contributed by atoms with Gasteiger partial charge in [0, 0.05) is 18.2 Å². The van der Waals surface area contributed by atoms with Gasteiger partial charge in [-0.25, -0.2) is 4.39 Å². The van der Waals surface area contributed by atoms with Crippen LogP contribution >= 0.6 is 0 Å². The average Bonchev–Trinajstić information content (AvgIpc) is 2.99. The van der Waals surface area contributed by atoms with Crippen molar-refractivity contribution in [3.8, 4) is 5.75 Å². The van der Waals surface area contributed by atoms with Gasteiger partial charge < -0.3 is 20.1 Å². The third kappa shape index (κ3) is 2.57. The van der Waals surface area contributed by atoms with E-state index < -0.39 is 10.7 Å². The molecule has 1 aromatic carbocycles. The standard InChI is InChI=1S/C15H14FN3O3/c16-10-3-5-14(20)12(8-10)13-2-1-7-18(13)11-4-6-15(17-9-11)19(21)22/h3-6,8-9,13,20H,1-2,7H2. The van der Waals surface area contributed by atoms with E-state index >= 15 is 0 Å². The highest BCUT2D eigenvalue weighted by Gasteiger charge is 2.29. The van der Waals surface area contributed by atoms with Crippen molar-refractivity contribution in [2.45, 2.75) is 18.9 Å². The Balaban J connectivity index is 1.93. The Morgan fingerprint density at radius 1 is 1.36 bits per heavy atom. The summed E-state index contributed by atoms with van der Waals surface area (Å²) in [5, 5.41) is 20.6. The fraction of sp³-hybridized carbons (Fsp3) is 0.267. The molecule has 7 heteroatoms. The number of aromatic hydroxyl groups is 1. The average molecular weight is 303 g/mol. The number of anilines is 1. The van der Waals surface area contributed by atoms with Crippen molar-refractivity contribution in [3.05, 3.63) is 58.0 Å². The topological polar surface area (TPSA) is 79.5 Å². The first-order valence-corrected chi connectivity index (χ1v) is 6.92. The van der Waals surface area contributed by atoms with Gasteiger partial charge in [-0.05, 0) is 47.0 Å². The number of nitrogens with zero attached hydrogens (tertiary/aromatic N) is 3. The minimum absolute atomic E-state index is 0.0492. The number of phenols is 1. The van der Waals surface area contributed by atoms with Gasteiger partial charge in [-0.1, -0.05) is 0 Å². The highest BCUT2D eigenvalue weighted by atomic mass is 19.1. The Morgan fingerprint density at radius 2 is 2.18 bits per heavy atom. The molecule has 0 saturated carbocycles. The first-order chi connectivity index (χ1) is 10.6. The second-order valence-electron chi connectivity index (χ2n) is 5.19.